The van der Waals surface area contributed by atoms with Crippen LogP contribution in [0.5, 0.6) is 0 Å². The maximum Gasteiger partial charge on any atom is 0.270 e. The van der Waals surface area contributed by atoms with E-state index in [9.17, 15) is 14.9 Å². The molecule has 0 aromatic heterocycles. The van der Waals surface area contributed by atoms with Crippen molar-refractivity contribution in [2.24, 2.45) is 10.2 Å². The summed E-state index contributed by atoms with van der Waals surface area (Å²) < 4.78 is 0. The molecule has 1 heterocycles. The van der Waals surface area contributed by atoms with Gasteiger partial charge in [-0.25, -0.2) is 0 Å². The standard InChI is InChI=1S/C19H18N4O3S/c1-2-17-18(24)22(13-14-7-4-3-5-8-14)19(27-17)21-20-12-15-9-6-10-16(11-15)23(25)26/h3-12,17H,2,13H2,1H3/b20-12+,21-19-. The van der Waals surface area contributed by atoms with E-state index in [-0.39, 0.29) is 16.8 Å². The molecule has 8 heteroatoms. The Hall–Kier alpha value is -3.00. The number of carbonyl (C=O) groups is 1. The summed E-state index contributed by atoms with van der Waals surface area (Å²) in [6.45, 7) is 2.40. The molecule has 1 saturated heterocycles. The molecule has 0 saturated carbocycles. The van der Waals surface area contributed by atoms with E-state index in [1.807, 2.05) is 37.3 Å². The van der Waals surface area contributed by atoms with Crippen LogP contribution in [0.4, 0.5) is 5.69 Å². The number of amidine groups is 1. The fourth-order valence-electron chi connectivity index (χ4n) is 2.62. The van der Waals surface area contributed by atoms with E-state index >= 15 is 0 Å². The van der Waals surface area contributed by atoms with Crippen molar-refractivity contribution in [2.75, 3.05) is 0 Å². The first-order chi connectivity index (χ1) is 13.1. The third-order valence-electron chi connectivity index (χ3n) is 4.01. The highest BCUT2D eigenvalue weighted by Gasteiger charge is 2.36. The van der Waals surface area contributed by atoms with Crippen LogP contribution in [-0.2, 0) is 11.3 Å². The van der Waals surface area contributed by atoms with E-state index < -0.39 is 4.92 Å². The molecule has 1 amide bonds. The van der Waals surface area contributed by atoms with Crippen LogP contribution >= 0.6 is 11.8 Å². The van der Waals surface area contributed by atoms with Gasteiger partial charge in [-0.1, -0.05) is 61.2 Å². The lowest BCUT2D eigenvalue weighted by atomic mass is 10.2. The Morgan fingerprint density at radius 1 is 1.22 bits per heavy atom. The quantitative estimate of drug-likeness (QED) is 0.431. The molecule has 1 aliphatic heterocycles. The summed E-state index contributed by atoms with van der Waals surface area (Å²) in [5, 5.41) is 19.5. The fraction of sp³-hybridized carbons (Fsp3) is 0.211. The molecule has 1 aliphatic rings. The topological polar surface area (TPSA) is 88.2 Å². The highest BCUT2D eigenvalue weighted by molar-refractivity contribution is 8.15. The number of amides is 1. The van der Waals surface area contributed by atoms with Crippen LogP contribution in [0.15, 0.2) is 64.8 Å². The molecular weight excluding hydrogens is 364 g/mol. The molecule has 0 spiro atoms. The third kappa shape index (κ3) is 4.59. The first kappa shape index (κ1) is 18.8. The minimum absolute atomic E-state index is 0.00577. The maximum atomic E-state index is 12.6. The van der Waals surface area contributed by atoms with E-state index in [0.29, 0.717) is 23.7 Å². The Morgan fingerprint density at radius 2 is 2.00 bits per heavy atom. The third-order valence-corrected chi connectivity index (χ3v) is 5.34. The summed E-state index contributed by atoms with van der Waals surface area (Å²) in [6.07, 6.45) is 2.16. The molecule has 7 nitrogen and oxygen atoms in total. The minimum atomic E-state index is -0.456. The number of non-ortho nitro benzene ring substituents is 1. The number of hydrogen-bond acceptors (Lipinski definition) is 6. The van der Waals surface area contributed by atoms with E-state index in [4.69, 9.17) is 0 Å². The zero-order valence-electron chi connectivity index (χ0n) is 14.7. The van der Waals surface area contributed by atoms with Gasteiger partial charge in [0.15, 0.2) is 5.17 Å². The number of nitrogens with zero attached hydrogens (tertiary/aromatic N) is 4. The summed E-state index contributed by atoms with van der Waals surface area (Å²) in [6, 6.07) is 15.8. The molecule has 0 bridgehead atoms. The summed E-state index contributed by atoms with van der Waals surface area (Å²) in [5.74, 6) is 0.0238. The fourth-order valence-corrected chi connectivity index (χ4v) is 3.65. The molecule has 0 aliphatic carbocycles. The van der Waals surface area contributed by atoms with Crippen LogP contribution in [0.3, 0.4) is 0 Å². The van der Waals surface area contributed by atoms with Crippen LogP contribution in [0.2, 0.25) is 0 Å². The van der Waals surface area contributed by atoms with Gasteiger partial charge < -0.3 is 0 Å². The zero-order chi connectivity index (χ0) is 19.2. The highest BCUT2D eigenvalue weighted by Crippen LogP contribution is 2.30. The Labute approximate surface area is 160 Å². The van der Waals surface area contributed by atoms with Crippen LogP contribution < -0.4 is 0 Å². The monoisotopic (exact) mass is 382 g/mol. The van der Waals surface area contributed by atoms with Crippen molar-refractivity contribution in [1.82, 2.24) is 4.90 Å². The second-order valence-corrected chi connectivity index (χ2v) is 7.07. The molecule has 27 heavy (non-hydrogen) atoms. The Morgan fingerprint density at radius 3 is 2.70 bits per heavy atom. The van der Waals surface area contributed by atoms with Gasteiger partial charge in [-0.05, 0) is 12.0 Å². The van der Waals surface area contributed by atoms with E-state index in [1.54, 1.807) is 17.0 Å². The van der Waals surface area contributed by atoms with Gasteiger partial charge in [0.25, 0.3) is 5.69 Å². The maximum absolute atomic E-state index is 12.6. The largest absolute Gasteiger partial charge is 0.284 e. The number of benzene rings is 2. The van der Waals surface area contributed by atoms with Crippen molar-refractivity contribution in [3.8, 4) is 0 Å². The van der Waals surface area contributed by atoms with Crippen molar-refractivity contribution in [3.05, 3.63) is 75.8 Å². The number of thioether (sulfide) groups is 1. The first-order valence-electron chi connectivity index (χ1n) is 8.46. The molecule has 2 aromatic rings. The highest BCUT2D eigenvalue weighted by atomic mass is 32.2. The Kier molecular flexibility index (Phi) is 5.97. The van der Waals surface area contributed by atoms with Gasteiger partial charge >= 0.3 is 0 Å². The summed E-state index contributed by atoms with van der Waals surface area (Å²) in [7, 11) is 0. The predicted molar refractivity (Wildman–Crippen MR) is 107 cm³/mol. The number of nitro groups is 1. The Bertz CT molecular complexity index is 899. The van der Waals surface area contributed by atoms with Crippen molar-refractivity contribution in [2.45, 2.75) is 25.1 Å². The number of carbonyl (C=O) groups excluding carboxylic acids is 1. The van der Waals surface area contributed by atoms with Crippen molar-refractivity contribution < 1.29 is 9.72 Å². The lowest BCUT2D eigenvalue weighted by molar-refractivity contribution is -0.384. The summed E-state index contributed by atoms with van der Waals surface area (Å²) >= 11 is 1.39. The normalized spacial score (nSPS) is 18.6. The smallest absolute Gasteiger partial charge is 0.270 e. The number of rotatable bonds is 6. The summed E-state index contributed by atoms with van der Waals surface area (Å²) in [5.41, 5.74) is 1.58. The molecule has 1 atom stereocenters. The predicted octanol–water partition coefficient (Wildman–Crippen LogP) is 3.84. The van der Waals surface area contributed by atoms with Crippen molar-refractivity contribution in [3.63, 3.8) is 0 Å². The lowest BCUT2D eigenvalue weighted by Gasteiger charge is -2.15. The van der Waals surface area contributed by atoms with Crippen LogP contribution in [-0.4, -0.2) is 32.4 Å². The molecule has 0 N–H and O–H groups in total. The Balaban J connectivity index is 1.80. The molecule has 1 fully saturated rings. The van der Waals surface area contributed by atoms with Crippen molar-refractivity contribution in [1.29, 1.82) is 0 Å². The van der Waals surface area contributed by atoms with Gasteiger partial charge in [-0.3, -0.25) is 19.8 Å². The molecule has 3 rings (SSSR count). The number of hydrogen-bond donors (Lipinski definition) is 0. The second-order valence-electron chi connectivity index (χ2n) is 5.90. The van der Waals surface area contributed by atoms with Crippen LogP contribution in [0.1, 0.15) is 24.5 Å². The van der Waals surface area contributed by atoms with E-state index in [0.717, 1.165) is 5.56 Å². The van der Waals surface area contributed by atoms with Gasteiger partial charge in [0.1, 0.15) is 0 Å². The van der Waals surface area contributed by atoms with Crippen LogP contribution in [0, 0.1) is 10.1 Å². The average Bonchev–Trinajstić information content (AvgIpc) is 2.98. The average molecular weight is 382 g/mol. The minimum Gasteiger partial charge on any atom is -0.284 e. The molecule has 2 aromatic carbocycles. The van der Waals surface area contributed by atoms with Gasteiger partial charge in [-0.15, -0.1) is 5.10 Å². The van der Waals surface area contributed by atoms with Gasteiger partial charge in [0, 0.05) is 17.7 Å². The van der Waals surface area contributed by atoms with E-state index in [2.05, 4.69) is 10.2 Å². The second kappa shape index (κ2) is 8.59. The van der Waals surface area contributed by atoms with Gasteiger partial charge in [0.2, 0.25) is 5.91 Å². The van der Waals surface area contributed by atoms with E-state index in [1.165, 1.54) is 30.1 Å². The van der Waals surface area contributed by atoms with Crippen molar-refractivity contribution >= 4 is 34.7 Å². The summed E-state index contributed by atoms with van der Waals surface area (Å²) in [4.78, 5) is 24.6. The SMILES string of the molecule is CCC1S/C(=N\N=C\c2cccc([N+](=O)[O-])c2)N(Cc2ccccc2)C1=O. The number of nitro benzene ring substituents is 1. The lowest BCUT2D eigenvalue weighted by Crippen LogP contribution is -2.31. The molecular formula is C19H18N4O3S. The molecule has 138 valence electrons. The molecule has 1 unspecified atom stereocenters. The zero-order valence-corrected chi connectivity index (χ0v) is 15.5. The van der Waals surface area contributed by atoms with Gasteiger partial charge in [0.05, 0.1) is 22.9 Å². The van der Waals surface area contributed by atoms with Gasteiger partial charge in [-0.2, -0.15) is 5.10 Å². The molecule has 0 radical (unpaired) electrons. The first-order valence-corrected chi connectivity index (χ1v) is 9.34. The van der Waals surface area contributed by atoms with Crippen LogP contribution in [0.25, 0.3) is 0 Å².